The van der Waals surface area contributed by atoms with Gasteiger partial charge in [0.1, 0.15) is 17.1 Å². The van der Waals surface area contributed by atoms with E-state index in [0.717, 1.165) is 16.0 Å². The van der Waals surface area contributed by atoms with Gasteiger partial charge in [-0.25, -0.2) is 14.1 Å². The number of carbonyl (C=O) groups is 3. The van der Waals surface area contributed by atoms with E-state index in [1.54, 1.807) is 54.6 Å². The molecule has 4 rings (SSSR count). The first-order chi connectivity index (χ1) is 16.8. The second-order valence-corrected chi connectivity index (χ2v) is 8.83. The minimum absolute atomic E-state index is 0.193. The van der Waals surface area contributed by atoms with Gasteiger partial charge in [-0.3, -0.25) is 14.9 Å². The van der Waals surface area contributed by atoms with E-state index in [9.17, 15) is 18.8 Å². The smallest absolute Gasteiger partial charge is 0.335 e. The Morgan fingerprint density at radius 1 is 1.06 bits per heavy atom. The first kappa shape index (κ1) is 24.3. The Morgan fingerprint density at radius 2 is 1.77 bits per heavy atom. The van der Waals surface area contributed by atoms with Crippen molar-refractivity contribution in [3.05, 3.63) is 98.8 Å². The van der Waals surface area contributed by atoms with Crippen LogP contribution in [0.3, 0.4) is 0 Å². The van der Waals surface area contributed by atoms with Gasteiger partial charge in [0.25, 0.3) is 11.8 Å². The molecule has 8 heteroatoms. The van der Waals surface area contributed by atoms with Crippen LogP contribution >= 0.6 is 15.9 Å². The van der Waals surface area contributed by atoms with Crippen molar-refractivity contribution >= 4 is 45.5 Å². The molecule has 1 aliphatic rings. The molecular weight excluding hydrogens is 515 g/mol. The number of halogens is 2. The van der Waals surface area contributed by atoms with Crippen LogP contribution in [0.4, 0.5) is 14.9 Å². The average molecular weight is 537 g/mol. The maximum Gasteiger partial charge on any atom is 0.335 e. The van der Waals surface area contributed by atoms with Crippen LogP contribution in [0.15, 0.2) is 70.7 Å². The Hall–Kier alpha value is -3.78. The van der Waals surface area contributed by atoms with Crippen molar-refractivity contribution < 1.29 is 23.5 Å². The van der Waals surface area contributed by atoms with E-state index < -0.39 is 17.8 Å². The number of anilines is 1. The van der Waals surface area contributed by atoms with Crippen molar-refractivity contribution in [3.63, 3.8) is 0 Å². The molecule has 3 aromatic carbocycles. The molecule has 1 heterocycles. The Labute approximate surface area is 210 Å². The molecule has 0 atom stereocenters. The number of barbiturate groups is 1. The van der Waals surface area contributed by atoms with Gasteiger partial charge in [0.05, 0.1) is 12.3 Å². The molecule has 0 aliphatic carbocycles. The third-order valence-corrected chi connectivity index (χ3v) is 6.21. The molecule has 35 heavy (non-hydrogen) atoms. The fourth-order valence-electron chi connectivity index (χ4n) is 3.76. The number of hydrogen-bond donors (Lipinski definition) is 1. The summed E-state index contributed by atoms with van der Waals surface area (Å²) in [5.41, 5.74) is 2.88. The standard InChI is InChI=1S/C27H22BrFN2O4/c1-3-35-24-14-17(13-22(28)20(24)15-18-6-4-5-7-23(18)29)12-21-25(32)30-27(34)31(26(21)33)19-10-8-16(2)9-11-19/h4-14H,3,15H2,1-2H3,(H,30,32,34)/b21-12+. The lowest BCUT2D eigenvalue weighted by atomic mass is 10.00. The number of benzene rings is 3. The normalized spacial score (nSPS) is 14.9. The number of rotatable bonds is 6. The monoisotopic (exact) mass is 536 g/mol. The molecule has 1 N–H and O–H groups in total. The largest absolute Gasteiger partial charge is 0.494 e. The van der Waals surface area contributed by atoms with E-state index in [4.69, 9.17) is 4.74 Å². The van der Waals surface area contributed by atoms with Gasteiger partial charge >= 0.3 is 6.03 Å². The lowest BCUT2D eigenvalue weighted by Crippen LogP contribution is -2.54. The lowest BCUT2D eigenvalue weighted by molar-refractivity contribution is -0.122. The maximum atomic E-state index is 14.2. The zero-order valence-corrected chi connectivity index (χ0v) is 20.7. The second kappa shape index (κ2) is 10.2. The highest BCUT2D eigenvalue weighted by atomic mass is 79.9. The average Bonchev–Trinajstić information content (AvgIpc) is 2.81. The van der Waals surface area contributed by atoms with Gasteiger partial charge in [0, 0.05) is 16.5 Å². The van der Waals surface area contributed by atoms with Gasteiger partial charge < -0.3 is 4.74 Å². The number of nitrogens with zero attached hydrogens (tertiary/aromatic N) is 1. The summed E-state index contributed by atoms with van der Waals surface area (Å²) in [4.78, 5) is 39.1. The minimum atomic E-state index is -0.808. The number of imide groups is 2. The molecule has 3 aromatic rings. The van der Waals surface area contributed by atoms with E-state index in [1.807, 2.05) is 13.8 Å². The van der Waals surface area contributed by atoms with E-state index in [1.165, 1.54) is 12.1 Å². The molecule has 4 amide bonds. The van der Waals surface area contributed by atoms with Crippen LogP contribution < -0.4 is 15.0 Å². The molecular formula is C27H22BrFN2O4. The van der Waals surface area contributed by atoms with Crippen LogP contribution in [0.25, 0.3) is 6.08 Å². The number of nitrogens with one attached hydrogen (secondary N) is 1. The van der Waals surface area contributed by atoms with Crippen LogP contribution in [0, 0.1) is 12.7 Å². The lowest BCUT2D eigenvalue weighted by Gasteiger charge is -2.26. The van der Waals surface area contributed by atoms with Gasteiger partial charge in [-0.05, 0) is 61.4 Å². The number of aryl methyl sites for hydroxylation is 1. The molecule has 0 bridgehead atoms. The second-order valence-electron chi connectivity index (χ2n) is 7.97. The van der Waals surface area contributed by atoms with Gasteiger partial charge in [0.15, 0.2) is 0 Å². The Kier molecular flexibility index (Phi) is 7.12. The maximum absolute atomic E-state index is 14.2. The molecule has 1 saturated heterocycles. The fraction of sp³-hybridized carbons (Fsp3) is 0.148. The molecule has 0 spiro atoms. The van der Waals surface area contributed by atoms with Crippen LogP contribution in [-0.4, -0.2) is 24.5 Å². The van der Waals surface area contributed by atoms with Crippen LogP contribution in [0.1, 0.15) is 29.2 Å². The fourth-order valence-corrected chi connectivity index (χ4v) is 4.36. The summed E-state index contributed by atoms with van der Waals surface area (Å²) in [6, 6.07) is 15.9. The number of urea groups is 1. The summed E-state index contributed by atoms with van der Waals surface area (Å²) in [5, 5.41) is 2.22. The first-order valence-corrected chi connectivity index (χ1v) is 11.7. The van der Waals surface area contributed by atoms with Gasteiger partial charge in [-0.2, -0.15) is 0 Å². The predicted molar refractivity (Wildman–Crippen MR) is 135 cm³/mol. The summed E-state index contributed by atoms with van der Waals surface area (Å²) in [6.45, 7) is 4.08. The highest BCUT2D eigenvalue weighted by Crippen LogP contribution is 2.33. The Morgan fingerprint density at radius 3 is 2.46 bits per heavy atom. The van der Waals surface area contributed by atoms with Crippen molar-refractivity contribution in [2.45, 2.75) is 20.3 Å². The summed E-state index contributed by atoms with van der Waals surface area (Å²) < 4.78 is 20.7. The molecule has 178 valence electrons. The Balaban J connectivity index is 1.72. The highest BCUT2D eigenvalue weighted by molar-refractivity contribution is 9.10. The van der Waals surface area contributed by atoms with Gasteiger partial charge in [-0.15, -0.1) is 0 Å². The number of hydrogen-bond acceptors (Lipinski definition) is 4. The molecule has 0 saturated carbocycles. The van der Waals surface area contributed by atoms with Crippen LogP contribution in [0.5, 0.6) is 5.75 Å². The van der Waals surface area contributed by atoms with Gasteiger partial charge in [0.2, 0.25) is 0 Å². The van der Waals surface area contributed by atoms with E-state index in [0.29, 0.717) is 33.6 Å². The van der Waals surface area contributed by atoms with Crippen molar-refractivity contribution in [1.29, 1.82) is 0 Å². The SMILES string of the molecule is CCOc1cc(/C=C2\C(=O)NC(=O)N(c3ccc(C)cc3)C2=O)cc(Br)c1Cc1ccccc1F. The van der Waals surface area contributed by atoms with Crippen LogP contribution in [0.2, 0.25) is 0 Å². The van der Waals surface area contributed by atoms with Crippen LogP contribution in [-0.2, 0) is 16.0 Å². The van der Waals surface area contributed by atoms with E-state index >= 15 is 0 Å². The van der Waals surface area contributed by atoms with Crippen molar-refractivity contribution in [3.8, 4) is 5.75 Å². The summed E-state index contributed by atoms with van der Waals surface area (Å²) in [7, 11) is 0. The molecule has 1 fully saturated rings. The van der Waals surface area contributed by atoms with Gasteiger partial charge in [-0.1, -0.05) is 51.8 Å². The third-order valence-electron chi connectivity index (χ3n) is 5.51. The highest BCUT2D eigenvalue weighted by Gasteiger charge is 2.36. The van der Waals surface area contributed by atoms with E-state index in [2.05, 4.69) is 21.2 Å². The number of ether oxygens (including phenoxy) is 1. The topological polar surface area (TPSA) is 75.7 Å². The number of carbonyl (C=O) groups excluding carboxylic acids is 3. The van der Waals surface area contributed by atoms with E-state index in [-0.39, 0.29) is 17.8 Å². The number of amides is 4. The molecule has 0 aromatic heterocycles. The summed E-state index contributed by atoms with van der Waals surface area (Å²) >= 11 is 3.53. The van der Waals surface area contributed by atoms with Crippen molar-refractivity contribution in [1.82, 2.24) is 5.32 Å². The zero-order chi connectivity index (χ0) is 25.1. The molecule has 6 nitrogen and oxygen atoms in total. The molecule has 0 unspecified atom stereocenters. The third kappa shape index (κ3) is 5.17. The zero-order valence-electron chi connectivity index (χ0n) is 19.1. The Bertz CT molecular complexity index is 1350. The summed E-state index contributed by atoms with van der Waals surface area (Å²) in [5.74, 6) is -1.34. The first-order valence-electron chi connectivity index (χ1n) is 10.9. The minimum Gasteiger partial charge on any atom is -0.494 e. The van der Waals surface area contributed by atoms with Crippen molar-refractivity contribution in [2.75, 3.05) is 11.5 Å². The summed E-state index contributed by atoms with van der Waals surface area (Å²) in [6.07, 6.45) is 1.69. The predicted octanol–water partition coefficient (Wildman–Crippen LogP) is 5.55. The molecule has 0 radical (unpaired) electrons. The van der Waals surface area contributed by atoms with Crippen molar-refractivity contribution in [2.24, 2.45) is 0 Å². The quantitative estimate of drug-likeness (QED) is 0.331. The molecule has 1 aliphatic heterocycles.